The number of carboxylic acid groups (broad SMARTS) is 1. The molecule has 7 heteroatoms. The van der Waals surface area contributed by atoms with Crippen LogP contribution in [0.4, 0.5) is 0 Å². The van der Waals surface area contributed by atoms with Crippen molar-refractivity contribution in [2.45, 2.75) is 32.9 Å². The average Bonchev–Trinajstić information content (AvgIpc) is 2.75. The Morgan fingerprint density at radius 1 is 1.59 bits per heavy atom. The molecule has 1 aromatic rings. The number of aromatic nitrogens is 3. The van der Waals surface area contributed by atoms with Crippen LogP contribution >= 0.6 is 0 Å². The molecule has 17 heavy (non-hydrogen) atoms. The van der Waals surface area contributed by atoms with Gasteiger partial charge in [-0.05, 0) is 13.3 Å². The summed E-state index contributed by atoms with van der Waals surface area (Å²) in [4.78, 5) is 24.0. The van der Waals surface area contributed by atoms with E-state index in [0.717, 1.165) is 6.42 Å². The fourth-order valence-corrected chi connectivity index (χ4v) is 1.24. The summed E-state index contributed by atoms with van der Waals surface area (Å²) >= 11 is 0. The Morgan fingerprint density at radius 3 is 2.71 bits per heavy atom. The number of aromatic carboxylic acids is 1. The minimum atomic E-state index is -1.15. The van der Waals surface area contributed by atoms with Crippen LogP contribution in [0.2, 0.25) is 0 Å². The van der Waals surface area contributed by atoms with Crippen molar-refractivity contribution in [1.82, 2.24) is 19.9 Å². The summed E-state index contributed by atoms with van der Waals surface area (Å²) in [5, 5.41) is 15.7. The highest BCUT2D eigenvalue weighted by atomic mass is 16.4. The number of amides is 1. The molecule has 0 aliphatic heterocycles. The van der Waals surface area contributed by atoms with Gasteiger partial charge in [0, 0.05) is 13.1 Å². The van der Waals surface area contributed by atoms with E-state index in [2.05, 4.69) is 10.3 Å². The molecule has 0 aromatic carbocycles. The first-order valence-corrected chi connectivity index (χ1v) is 5.34. The molecule has 0 bridgehead atoms. The van der Waals surface area contributed by atoms with E-state index >= 15 is 0 Å². The smallest absolute Gasteiger partial charge is 0.358 e. The van der Waals surface area contributed by atoms with Crippen molar-refractivity contribution in [2.24, 2.45) is 0 Å². The van der Waals surface area contributed by atoms with Crippen molar-refractivity contribution >= 4 is 11.9 Å². The molecule has 0 spiro atoms. The molecule has 1 unspecified atom stereocenters. The molecular weight excluding hydrogens is 224 g/mol. The molecule has 1 heterocycles. The van der Waals surface area contributed by atoms with Crippen LogP contribution in [0, 0.1) is 0 Å². The van der Waals surface area contributed by atoms with Crippen molar-refractivity contribution in [3.05, 3.63) is 11.9 Å². The third-order valence-corrected chi connectivity index (χ3v) is 2.70. The summed E-state index contributed by atoms with van der Waals surface area (Å²) in [5.41, 5.74) is -0.163. The zero-order chi connectivity index (χ0) is 13.0. The van der Waals surface area contributed by atoms with Crippen LogP contribution in [0.3, 0.4) is 0 Å². The second kappa shape index (κ2) is 5.42. The van der Waals surface area contributed by atoms with Crippen LogP contribution in [0.5, 0.6) is 0 Å². The van der Waals surface area contributed by atoms with Crippen molar-refractivity contribution in [3.63, 3.8) is 0 Å². The lowest BCUT2D eigenvalue weighted by Crippen LogP contribution is -2.37. The number of carboxylic acids is 1. The molecule has 1 atom stereocenters. The van der Waals surface area contributed by atoms with E-state index in [1.54, 1.807) is 11.9 Å². The van der Waals surface area contributed by atoms with E-state index < -0.39 is 5.97 Å². The largest absolute Gasteiger partial charge is 0.476 e. The highest BCUT2D eigenvalue weighted by Crippen LogP contribution is 2.02. The van der Waals surface area contributed by atoms with E-state index in [9.17, 15) is 9.59 Å². The molecule has 0 saturated carbocycles. The van der Waals surface area contributed by atoms with Crippen molar-refractivity contribution in [1.29, 1.82) is 0 Å². The summed E-state index contributed by atoms with van der Waals surface area (Å²) in [6.07, 6.45) is 2.10. The highest BCUT2D eigenvalue weighted by molar-refractivity contribution is 5.84. The van der Waals surface area contributed by atoms with E-state index in [-0.39, 0.29) is 24.2 Å². The van der Waals surface area contributed by atoms with Crippen LogP contribution in [0.1, 0.15) is 30.8 Å². The van der Waals surface area contributed by atoms with Crippen LogP contribution in [-0.4, -0.2) is 50.0 Å². The van der Waals surface area contributed by atoms with Gasteiger partial charge in [-0.15, -0.1) is 5.10 Å². The number of hydrogen-bond acceptors (Lipinski definition) is 4. The molecule has 1 aromatic heterocycles. The third kappa shape index (κ3) is 3.27. The van der Waals surface area contributed by atoms with Crippen LogP contribution in [-0.2, 0) is 11.3 Å². The Labute approximate surface area is 99.0 Å². The third-order valence-electron chi connectivity index (χ3n) is 2.70. The molecule has 7 nitrogen and oxygen atoms in total. The Morgan fingerprint density at radius 2 is 2.24 bits per heavy atom. The van der Waals surface area contributed by atoms with Gasteiger partial charge in [-0.1, -0.05) is 12.1 Å². The first-order chi connectivity index (χ1) is 7.95. The number of likely N-dealkylation sites (N-methyl/N-ethyl adjacent to an activating group) is 1. The monoisotopic (exact) mass is 240 g/mol. The van der Waals surface area contributed by atoms with Gasteiger partial charge < -0.3 is 10.0 Å². The highest BCUT2D eigenvalue weighted by Gasteiger charge is 2.16. The topological polar surface area (TPSA) is 88.3 Å². The van der Waals surface area contributed by atoms with Gasteiger partial charge in [-0.3, -0.25) is 4.79 Å². The Balaban J connectivity index is 2.64. The Kier molecular flexibility index (Phi) is 4.19. The minimum absolute atomic E-state index is 0.00111. The fraction of sp³-hybridized carbons (Fsp3) is 0.600. The van der Waals surface area contributed by atoms with Crippen molar-refractivity contribution in [2.75, 3.05) is 7.05 Å². The van der Waals surface area contributed by atoms with Gasteiger partial charge in [0.25, 0.3) is 0 Å². The van der Waals surface area contributed by atoms with Gasteiger partial charge in [0.1, 0.15) is 6.54 Å². The number of rotatable bonds is 5. The number of hydrogen-bond donors (Lipinski definition) is 1. The normalized spacial score (nSPS) is 12.2. The predicted octanol–water partition coefficient (Wildman–Crippen LogP) is 0.233. The fourth-order valence-electron chi connectivity index (χ4n) is 1.24. The molecule has 1 rings (SSSR count). The first kappa shape index (κ1) is 13.1. The maximum atomic E-state index is 11.8. The summed E-state index contributed by atoms with van der Waals surface area (Å²) in [5.74, 6) is -1.28. The van der Waals surface area contributed by atoms with Gasteiger partial charge in [0.2, 0.25) is 5.91 Å². The van der Waals surface area contributed by atoms with Crippen LogP contribution < -0.4 is 0 Å². The summed E-state index contributed by atoms with van der Waals surface area (Å²) in [7, 11) is 1.71. The number of carbonyl (C=O) groups excluding carboxylic acids is 1. The lowest BCUT2D eigenvalue weighted by atomic mass is 10.2. The van der Waals surface area contributed by atoms with Gasteiger partial charge in [-0.25, -0.2) is 9.48 Å². The van der Waals surface area contributed by atoms with E-state index in [0.29, 0.717) is 0 Å². The number of carbonyl (C=O) groups is 2. The van der Waals surface area contributed by atoms with Crippen molar-refractivity contribution < 1.29 is 14.7 Å². The van der Waals surface area contributed by atoms with Gasteiger partial charge >= 0.3 is 5.97 Å². The molecule has 0 fully saturated rings. The Bertz CT molecular complexity index is 415. The SMILES string of the molecule is CCC(C)N(C)C(=O)Cn1cc(C(=O)O)nn1. The van der Waals surface area contributed by atoms with Crippen LogP contribution in [0.25, 0.3) is 0 Å². The lowest BCUT2D eigenvalue weighted by molar-refractivity contribution is -0.132. The van der Waals surface area contributed by atoms with Crippen molar-refractivity contribution in [3.8, 4) is 0 Å². The molecule has 94 valence electrons. The summed E-state index contributed by atoms with van der Waals surface area (Å²) < 4.78 is 1.23. The summed E-state index contributed by atoms with van der Waals surface area (Å²) in [6, 6.07) is 0.143. The van der Waals surface area contributed by atoms with E-state index in [1.165, 1.54) is 10.9 Å². The quantitative estimate of drug-likeness (QED) is 0.796. The van der Waals surface area contributed by atoms with Gasteiger partial charge in [0.15, 0.2) is 5.69 Å². The van der Waals surface area contributed by atoms with Gasteiger partial charge in [0.05, 0.1) is 6.20 Å². The average molecular weight is 240 g/mol. The minimum Gasteiger partial charge on any atom is -0.476 e. The molecule has 1 amide bonds. The lowest BCUT2D eigenvalue weighted by Gasteiger charge is -2.23. The Hall–Kier alpha value is -1.92. The van der Waals surface area contributed by atoms with E-state index in [4.69, 9.17) is 5.11 Å². The molecular formula is C10H16N4O3. The second-order valence-electron chi connectivity index (χ2n) is 3.87. The second-order valence-corrected chi connectivity index (χ2v) is 3.87. The predicted molar refractivity (Wildman–Crippen MR) is 59.5 cm³/mol. The van der Waals surface area contributed by atoms with Crippen LogP contribution in [0.15, 0.2) is 6.20 Å². The number of nitrogens with zero attached hydrogens (tertiary/aromatic N) is 4. The maximum absolute atomic E-state index is 11.8. The molecule has 0 aliphatic carbocycles. The van der Waals surface area contributed by atoms with E-state index in [1.807, 2.05) is 13.8 Å². The molecule has 0 radical (unpaired) electrons. The first-order valence-electron chi connectivity index (χ1n) is 5.34. The summed E-state index contributed by atoms with van der Waals surface area (Å²) in [6.45, 7) is 3.94. The van der Waals surface area contributed by atoms with Gasteiger partial charge in [-0.2, -0.15) is 0 Å². The maximum Gasteiger partial charge on any atom is 0.358 e. The molecule has 0 saturated heterocycles. The zero-order valence-corrected chi connectivity index (χ0v) is 10.1. The standard InChI is InChI=1S/C10H16N4O3/c1-4-7(2)13(3)9(15)6-14-5-8(10(16)17)11-12-14/h5,7H,4,6H2,1-3H3,(H,16,17). The molecule has 0 aliphatic rings. The zero-order valence-electron chi connectivity index (χ0n) is 10.1. The molecule has 1 N–H and O–H groups in total.